The van der Waals surface area contributed by atoms with Crippen LogP contribution < -0.4 is 5.56 Å². The van der Waals surface area contributed by atoms with Gasteiger partial charge in [0.05, 0.1) is 5.56 Å². The van der Waals surface area contributed by atoms with Crippen LogP contribution in [-0.2, 0) is 11.3 Å². The third kappa shape index (κ3) is 3.22. The molecule has 1 amide bonds. The molecule has 0 spiro atoms. The van der Waals surface area contributed by atoms with E-state index < -0.39 is 12.1 Å². The normalized spacial score (nSPS) is 21.7. The highest BCUT2D eigenvalue weighted by molar-refractivity contribution is 5.88. The molecule has 7 nitrogen and oxygen atoms in total. The number of fused-ring (bicyclic) bond motifs is 4. The Labute approximate surface area is 161 Å². The van der Waals surface area contributed by atoms with Crippen molar-refractivity contribution in [3.63, 3.8) is 0 Å². The minimum absolute atomic E-state index is 0.0427. The van der Waals surface area contributed by atoms with Crippen LogP contribution in [0.2, 0.25) is 0 Å². The quantitative estimate of drug-likeness (QED) is 0.839. The number of aliphatic hydroxyl groups excluding tert-OH is 1. The third-order valence-corrected chi connectivity index (χ3v) is 5.69. The Hall–Kier alpha value is -2.93. The average molecular weight is 382 g/mol. The first kappa shape index (κ1) is 18.4. The zero-order valence-electron chi connectivity index (χ0n) is 15.5. The van der Waals surface area contributed by atoms with Gasteiger partial charge in [0, 0.05) is 37.3 Å². The molecule has 3 atom stereocenters. The third-order valence-electron chi connectivity index (χ3n) is 5.69. The second kappa shape index (κ2) is 6.91. The lowest BCUT2D eigenvalue weighted by molar-refractivity contribution is -0.142. The number of amides is 1. The number of carboxylic acid groups (broad SMARTS) is 1. The van der Waals surface area contributed by atoms with Crippen LogP contribution in [0.1, 0.15) is 35.3 Å². The molecule has 2 aliphatic heterocycles. The molecule has 2 aromatic rings. The summed E-state index contributed by atoms with van der Waals surface area (Å²) >= 11 is 0. The van der Waals surface area contributed by atoms with Crippen molar-refractivity contribution in [1.29, 1.82) is 0 Å². The van der Waals surface area contributed by atoms with Crippen molar-refractivity contribution in [3.05, 3.63) is 58.0 Å². The number of carbonyl (C=O) groups is 2. The van der Waals surface area contributed by atoms with Crippen LogP contribution in [0.25, 0.3) is 11.1 Å². The molecule has 0 unspecified atom stereocenters. The lowest BCUT2D eigenvalue weighted by Gasteiger charge is -2.43. The molecule has 2 bridgehead atoms. The Morgan fingerprint density at radius 3 is 2.43 bits per heavy atom. The topological polar surface area (TPSA) is 99.8 Å². The highest BCUT2D eigenvalue weighted by atomic mass is 16.4. The Bertz CT molecular complexity index is 993. The number of aromatic nitrogens is 1. The molecule has 1 aromatic carbocycles. The van der Waals surface area contributed by atoms with Gasteiger partial charge in [-0.3, -0.25) is 9.59 Å². The van der Waals surface area contributed by atoms with Gasteiger partial charge in [0.15, 0.2) is 0 Å². The smallest absolute Gasteiger partial charge is 0.335 e. The average Bonchev–Trinajstić information content (AvgIpc) is 2.68. The van der Waals surface area contributed by atoms with Gasteiger partial charge in [-0.25, -0.2) is 4.79 Å². The van der Waals surface area contributed by atoms with Gasteiger partial charge < -0.3 is 19.7 Å². The van der Waals surface area contributed by atoms with E-state index in [-0.39, 0.29) is 28.9 Å². The first-order chi connectivity index (χ1) is 13.3. The predicted octanol–water partition coefficient (Wildman–Crippen LogP) is 1.54. The first-order valence-electron chi connectivity index (χ1n) is 9.39. The maximum Gasteiger partial charge on any atom is 0.335 e. The molecule has 1 aromatic heterocycles. The molecule has 2 aliphatic rings. The summed E-state index contributed by atoms with van der Waals surface area (Å²) in [4.78, 5) is 37.7. The Kier molecular flexibility index (Phi) is 4.55. The van der Waals surface area contributed by atoms with Crippen molar-refractivity contribution in [2.45, 2.75) is 31.9 Å². The molecule has 0 aliphatic carbocycles. The fourth-order valence-electron chi connectivity index (χ4n) is 4.38. The summed E-state index contributed by atoms with van der Waals surface area (Å²) in [5, 5.41) is 18.7. The fraction of sp³-hybridized carbons (Fsp3) is 0.381. The van der Waals surface area contributed by atoms with Crippen molar-refractivity contribution >= 4 is 11.9 Å². The number of carbonyl (C=O) groups excluding carboxylic acids is 1. The van der Waals surface area contributed by atoms with Gasteiger partial charge in [-0.05, 0) is 48.6 Å². The summed E-state index contributed by atoms with van der Waals surface area (Å²) in [6, 6.07) is 9.99. The number of pyridine rings is 1. The monoisotopic (exact) mass is 382 g/mol. The lowest BCUT2D eigenvalue weighted by atomic mass is 9.82. The Morgan fingerprint density at radius 1 is 1.07 bits per heavy atom. The Balaban J connectivity index is 1.70. The van der Waals surface area contributed by atoms with Crippen LogP contribution in [-0.4, -0.2) is 50.8 Å². The SMILES string of the molecule is C[C@@H](O)C(=O)N1C[C@@H]2C[C@H](C1)c1cc(-c3ccc(C(=O)O)cc3)cc(=O)n1C2. The number of likely N-dealkylation sites (tertiary alicyclic amines) is 1. The number of hydrogen-bond donors (Lipinski definition) is 2. The van der Waals surface area contributed by atoms with Crippen LogP contribution in [0.15, 0.2) is 41.2 Å². The van der Waals surface area contributed by atoms with Gasteiger partial charge in [-0.15, -0.1) is 0 Å². The molecule has 0 saturated carbocycles. The number of carboxylic acids is 1. The fourth-order valence-corrected chi connectivity index (χ4v) is 4.38. The van der Waals surface area contributed by atoms with Crippen molar-refractivity contribution in [2.24, 2.45) is 5.92 Å². The summed E-state index contributed by atoms with van der Waals surface area (Å²) in [5.74, 6) is -1.02. The van der Waals surface area contributed by atoms with E-state index in [4.69, 9.17) is 5.11 Å². The molecule has 0 radical (unpaired) electrons. The van der Waals surface area contributed by atoms with Gasteiger partial charge in [0.2, 0.25) is 0 Å². The van der Waals surface area contributed by atoms with E-state index in [1.165, 1.54) is 19.1 Å². The number of nitrogens with zero attached hydrogens (tertiary/aromatic N) is 2. The largest absolute Gasteiger partial charge is 0.478 e. The first-order valence-corrected chi connectivity index (χ1v) is 9.39. The predicted molar refractivity (Wildman–Crippen MR) is 102 cm³/mol. The summed E-state index contributed by atoms with van der Waals surface area (Å²) in [5.41, 5.74) is 2.52. The lowest BCUT2D eigenvalue weighted by Crippen LogP contribution is -2.51. The number of aliphatic hydroxyl groups is 1. The van der Waals surface area contributed by atoms with Gasteiger partial charge in [-0.1, -0.05) is 12.1 Å². The number of aromatic carboxylic acids is 1. The molecule has 28 heavy (non-hydrogen) atoms. The molecular formula is C21H22N2O5. The minimum Gasteiger partial charge on any atom is -0.478 e. The maximum atomic E-state index is 12.7. The second-order valence-corrected chi connectivity index (χ2v) is 7.72. The van der Waals surface area contributed by atoms with E-state index in [9.17, 15) is 19.5 Å². The van der Waals surface area contributed by atoms with Gasteiger partial charge in [0.25, 0.3) is 11.5 Å². The van der Waals surface area contributed by atoms with Crippen molar-refractivity contribution in [3.8, 4) is 11.1 Å². The van der Waals surface area contributed by atoms with E-state index in [0.717, 1.165) is 23.2 Å². The highest BCUT2D eigenvalue weighted by Crippen LogP contribution is 2.36. The van der Waals surface area contributed by atoms with Gasteiger partial charge in [-0.2, -0.15) is 0 Å². The molecule has 1 saturated heterocycles. The summed E-state index contributed by atoms with van der Waals surface area (Å²) < 4.78 is 1.79. The zero-order valence-corrected chi connectivity index (χ0v) is 15.5. The zero-order chi connectivity index (χ0) is 20.0. The van der Waals surface area contributed by atoms with E-state index in [2.05, 4.69) is 0 Å². The maximum absolute atomic E-state index is 12.7. The summed E-state index contributed by atoms with van der Waals surface area (Å²) in [7, 11) is 0. The standard InChI is InChI=1S/C21H22N2O5/c1-12(24)20(26)22-9-13-6-17(11-22)18-7-16(8-19(25)23(18)10-13)14-2-4-15(5-3-14)21(27)28/h2-5,7-8,12-13,17,24H,6,9-11H2,1H3,(H,27,28)/t12-,13+,17-/m1/s1. The number of benzene rings is 1. The van der Waals surface area contributed by atoms with Crippen molar-refractivity contribution in [2.75, 3.05) is 13.1 Å². The van der Waals surface area contributed by atoms with Crippen molar-refractivity contribution in [1.82, 2.24) is 9.47 Å². The number of hydrogen-bond acceptors (Lipinski definition) is 4. The van der Waals surface area contributed by atoms with E-state index in [1.54, 1.807) is 27.7 Å². The van der Waals surface area contributed by atoms with E-state index in [0.29, 0.717) is 19.6 Å². The molecule has 146 valence electrons. The summed E-state index contributed by atoms with van der Waals surface area (Å²) in [6.07, 6.45) is -0.121. The minimum atomic E-state index is -1.03. The molecule has 4 rings (SSSR count). The molecular weight excluding hydrogens is 360 g/mol. The van der Waals surface area contributed by atoms with Crippen LogP contribution in [0.5, 0.6) is 0 Å². The van der Waals surface area contributed by atoms with Gasteiger partial charge >= 0.3 is 5.97 Å². The number of rotatable bonds is 3. The van der Waals surface area contributed by atoms with Crippen LogP contribution in [0.3, 0.4) is 0 Å². The second-order valence-electron chi connectivity index (χ2n) is 7.72. The van der Waals surface area contributed by atoms with Crippen molar-refractivity contribution < 1.29 is 19.8 Å². The molecule has 1 fully saturated rings. The molecule has 7 heteroatoms. The van der Waals surface area contributed by atoms with Crippen LogP contribution in [0, 0.1) is 5.92 Å². The van der Waals surface area contributed by atoms with Crippen LogP contribution >= 0.6 is 0 Å². The summed E-state index contributed by atoms with van der Waals surface area (Å²) in [6.45, 7) is 3.09. The Morgan fingerprint density at radius 2 is 1.79 bits per heavy atom. The highest BCUT2D eigenvalue weighted by Gasteiger charge is 2.37. The molecule has 2 N–H and O–H groups in total. The van der Waals surface area contributed by atoms with E-state index >= 15 is 0 Å². The number of piperidine rings is 1. The van der Waals surface area contributed by atoms with Gasteiger partial charge in [0.1, 0.15) is 6.10 Å². The van der Waals surface area contributed by atoms with Crippen LogP contribution in [0.4, 0.5) is 0 Å². The van der Waals surface area contributed by atoms with E-state index in [1.807, 2.05) is 6.07 Å². The molecule has 3 heterocycles.